The van der Waals surface area contributed by atoms with Gasteiger partial charge in [-0.05, 0) is 25.0 Å². The molecule has 1 saturated heterocycles. The van der Waals surface area contributed by atoms with E-state index in [0.717, 1.165) is 37.2 Å². The molecule has 18 heavy (non-hydrogen) atoms. The fourth-order valence-corrected chi connectivity index (χ4v) is 2.10. The van der Waals surface area contributed by atoms with Crippen LogP contribution in [0.3, 0.4) is 0 Å². The van der Waals surface area contributed by atoms with Gasteiger partial charge in [0.15, 0.2) is 0 Å². The summed E-state index contributed by atoms with van der Waals surface area (Å²) in [6, 6.07) is 5.44. The van der Waals surface area contributed by atoms with Gasteiger partial charge in [-0.1, -0.05) is 0 Å². The van der Waals surface area contributed by atoms with Crippen LogP contribution in [0.5, 0.6) is 11.5 Å². The van der Waals surface area contributed by atoms with Gasteiger partial charge in [0.25, 0.3) is 0 Å². The van der Waals surface area contributed by atoms with Gasteiger partial charge in [-0.15, -0.1) is 0 Å². The summed E-state index contributed by atoms with van der Waals surface area (Å²) in [7, 11) is 1.62. The first-order valence-corrected chi connectivity index (χ1v) is 6.35. The van der Waals surface area contributed by atoms with Crippen LogP contribution in [0.25, 0.3) is 0 Å². The van der Waals surface area contributed by atoms with Gasteiger partial charge < -0.3 is 19.3 Å². The normalized spacial score (nSPS) is 18.9. The van der Waals surface area contributed by atoms with Crippen molar-refractivity contribution < 1.29 is 19.3 Å². The van der Waals surface area contributed by atoms with Crippen molar-refractivity contribution >= 4 is 0 Å². The van der Waals surface area contributed by atoms with E-state index in [9.17, 15) is 5.11 Å². The molecular formula is C14H20O4. The second kappa shape index (κ2) is 6.61. The van der Waals surface area contributed by atoms with Crippen LogP contribution in [0.15, 0.2) is 18.2 Å². The Morgan fingerprint density at radius 3 is 3.00 bits per heavy atom. The van der Waals surface area contributed by atoms with Gasteiger partial charge in [0, 0.05) is 24.7 Å². The highest BCUT2D eigenvalue weighted by Gasteiger charge is 2.15. The van der Waals surface area contributed by atoms with Crippen molar-refractivity contribution in [2.45, 2.75) is 32.0 Å². The molecule has 2 rings (SSSR count). The van der Waals surface area contributed by atoms with Gasteiger partial charge in [-0.2, -0.15) is 0 Å². The molecule has 0 saturated carbocycles. The zero-order valence-corrected chi connectivity index (χ0v) is 10.7. The maximum Gasteiger partial charge on any atom is 0.128 e. The van der Waals surface area contributed by atoms with E-state index >= 15 is 0 Å². The van der Waals surface area contributed by atoms with Gasteiger partial charge in [-0.25, -0.2) is 0 Å². The molecule has 4 nitrogen and oxygen atoms in total. The summed E-state index contributed by atoms with van der Waals surface area (Å²) < 4.78 is 16.4. The second-order valence-corrected chi connectivity index (χ2v) is 4.40. The minimum atomic E-state index is -0.0285. The average molecular weight is 252 g/mol. The lowest BCUT2D eigenvalue weighted by Crippen LogP contribution is -2.11. The van der Waals surface area contributed by atoms with Crippen molar-refractivity contribution in [1.29, 1.82) is 0 Å². The van der Waals surface area contributed by atoms with Crippen LogP contribution in [0.1, 0.15) is 24.8 Å². The third-order valence-corrected chi connectivity index (χ3v) is 3.17. The van der Waals surface area contributed by atoms with Crippen molar-refractivity contribution in [2.24, 2.45) is 0 Å². The highest BCUT2D eigenvalue weighted by Crippen LogP contribution is 2.25. The molecule has 0 spiro atoms. The standard InChI is InChI=1S/C14H20O4/c1-16-13-5-4-11(10-15)14(9-13)18-8-6-12-3-2-7-17-12/h4-5,9,12,15H,2-3,6-8,10H2,1H3. The Labute approximate surface area is 107 Å². The van der Waals surface area contributed by atoms with E-state index in [1.54, 1.807) is 13.2 Å². The van der Waals surface area contributed by atoms with Crippen molar-refractivity contribution in [3.63, 3.8) is 0 Å². The van der Waals surface area contributed by atoms with Crippen LogP contribution < -0.4 is 9.47 Å². The van der Waals surface area contributed by atoms with Crippen LogP contribution in [-0.2, 0) is 11.3 Å². The van der Waals surface area contributed by atoms with Gasteiger partial charge >= 0.3 is 0 Å². The third kappa shape index (κ3) is 3.37. The molecule has 0 radical (unpaired) electrons. The number of aliphatic hydroxyl groups is 1. The van der Waals surface area contributed by atoms with Crippen molar-refractivity contribution in [2.75, 3.05) is 20.3 Å². The monoisotopic (exact) mass is 252 g/mol. The quantitative estimate of drug-likeness (QED) is 0.842. The number of rotatable bonds is 6. The molecule has 1 N–H and O–H groups in total. The molecule has 0 aromatic heterocycles. The highest BCUT2D eigenvalue weighted by atomic mass is 16.5. The van der Waals surface area contributed by atoms with Crippen LogP contribution in [0.4, 0.5) is 0 Å². The van der Waals surface area contributed by atoms with Crippen molar-refractivity contribution in [3.8, 4) is 11.5 Å². The number of ether oxygens (including phenoxy) is 3. The molecule has 1 heterocycles. The number of aliphatic hydroxyl groups excluding tert-OH is 1. The Kier molecular flexibility index (Phi) is 4.84. The zero-order chi connectivity index (χ0) is 12.8. The summed E-state index contributed by atoms with van der Waals surface area (Å²) in [4.78, 5) is 0. The van der Waals surface area contributed by atoms with E-state index in [1.165, 1.54) is 0 Å². The van der Waals surface area contributed by atoms with Gasteiger partial charge in [0.1, 0.15) is 11.5 Å². The highest BCUT2D eigenvalue weighted by molar-refractivity contribution is 5.40. The molecule has 1 atom stereocenters. The summed E-state index contributed by atoms with van der Waals surface area (Å²) in [5.74, 6) is 1.43. The smallest absolute Gasteiger partial charge is 0.128 e. The maximum atomic E-state index is 9.25. The third-order valence-electron chi connectivity index (χ3n) is 3.17. The molecule has 1 aromatic rings. The molecule has 100 valence electrons. The molecule has 0 aliphatic carbocycles. The molecule has 1 fully saturated rings. The predicted molar refractivity (Wildman–Crippen MR) is 68.0 cm³/mol. The van der Waals surface area contributed by atoms with Crippen molar-refractivity contribution in [1.82, 2.24) is 0 Å². The Bertz CT molecular complexity index is 372. The number of benzene rings is 1. The predicted octanol–water partition coefficient (Wildman–Crippen LogP) is 2.14. The van der Waals surface area contributed by atoms with Crippen LogP contribution >= 0.6 is 0 Å². The summed E-state index contributed by atoms with van der Waals surface area (Å²) >= 11 is 0. The first kappa shape index (κ1) is 13.2. The Morgan fingerprint density at radius 1 is 1.44 bits per heavy atom. The van der Waals surface area contributed by atoms with Gasteiger partial charge in [0.2, 0.25) is 0 Å². The van der Waals surface area contributed by atoms with E-state index in [-0.39, 0.29) is 6.61 Å². The minimum absolute atomic E-state index is 0.0285. The van der Waals surface area contributed by atoms with E-state index < -0.39 is 0 Å². The minimum Gasteiger partial charge on any atom is -0.497 e. The van der Waals surface area contributed by atoms with Gasteiger partial charge in [-0.3, -0.25) is 0 Å². The molecule has 1 aromatic carbocycles. The Morgan fingerprint density at radius 2 is 2.33 bits per heavy atom. The van der Waals surface area contributed by atoms with Crippen molar-refractivity contribution in [3.05, 3.63) is 23.8 Å². The molecule has 4 heteroatoms. The van der Waals surface area contributed by atoms with Crippen LogP contribution in [-0.4, -0.2) is 31.5 Å². The summed E-state index contributed by atoms with van der Waals surface area (Å²) in [6.45, 7) is 1.44. The average Bonchev–Trinajstić information content (AvgIpc) is 2.92. The van der Waals surface area contributed by atoms with Gasteiger partial charge in [0.05, 0.1) is 26.4 Å². The molecule has 0 bridgehead atoms. The first-order chi connectivity index (χ1) is 8.83. The van der Waals surface area contributed by atoms with E-state index in [4.69, 9.17) is 14.2 Å². The number of hydrogen-bond acceptors (Lipinski definition) is 4. The molecule has 1 aliphatic rings. The van der Waals surface area contributed by atoms with E-state index in [2.05, 4.69) is 0 Å². The fourth-order valence-electron chi connectivity index (χ4n) is 2.10. The number of methoxy groups -OCH3 is 1. The van der Waals surface area contributed by atoms with E-state index in [0.29, 0.717) is 18.5 Å². The first-order valence-electron chi connectivity index (χ1n) is 6.35. The molecule has 1 unspecified atom stereocenters. The lowest BCUT2D eigenvalue weighted by Gasteiger charge is -2.13. The fraction of sp³-hybridized carbons (Fsp3) is 0.571. The second-order valence-electron chi connectivity index (χ2n) is 4.40. The maximum absolute atomic E-state index is 9.25. The lowest BCUT2D eigenvalue weighted by molar-refractivity contribution is 0.0899. The number of hydrogen-bond donors (Lipinski definition) is 1. The molecule has 0 amide bonds. The summed E-state index contributed by atoms with van der Waals surface area (Å²) in [5, 5.41) is 9.25. The molecule has 1 aliphatic heterocycles. The summed E-state index contributed by atoms with van der Waals surface area (Å²) in [5.41, 5.74) is 0.781. The SMILES string of the molecule is COc1ccc(CO)c(OCCC2CCCO2)c1. The Hall–Kier alpha value is -1.26. The van der Waals surface area contributed by atoms with Crippen LogP contribution in [0.2, 0.25) is 0 Å². The van der Waals surface area contributed by atoms with Crippen LogP contribution in [0, 0.1) is 0 Å². The topological polar surface area (TPSA) is 47.9 Å². The summed E-state index contributed by atoms with van der Waals surface area (Å²) in [6.07, 6.45) is 3.48. The lowest BCUT2D eigenvalue weighted by atomic mass is 10.2. The van der Waals surface area contributed by atoms with E-state index in [1.807, 2.05) is 12.1 Å². The largest absolute Gasteiger partial charge is 0.497 e. The zero-order valence-electron chi connectivity index (χ0n) is 10.7. The Balaban J connectivity index is 1.89. The molecular weight excluding hydrogens is 232 g/mol.